The van der Waals surface area contributed by atoms with Gasteiger partial charge in [0.1, 0.15) is 0 Å². The molecule has 2 N–H and O–H groups in total. The van der Waals surface area contributed by atoms with Gasteiger partial charge >= 0.3 is 12.3 Å². The topological polar surface area (TPSA) is 38.9 Å². The zero-order valence-corrected chi connectivity index (χ0v) is 9.34. The molecule has 0 fully saturated rings. The van der Waals surface area contributed by atoms with Gasteiger partial charge in [0, 0.05) is 24.4 Å². The van der Waals surface area contributed by atoms with Crippen LogP contribution in [-0.4, -0.2) is 17.3 Å². The number of nitrogens with two attached hydrogens (primary N) is 1. The van der Waals surface area contributed by atoms with Crippen LogP contribution in [0.5, 0.6) is 0 Å². The van der Waals surface area contributed by atoms with E-state index in [1.54, 1.807) is 13.0 Å². The lowest BCUT2D eigenvalue weighted by molar-refractivity contribution is -0.132. The standard InChI is InChI=1S/C11H14F4N2/c1-7(16)8-2-3-9(17-6-8)4-5-11(14,15)10(12)13/h2-3,6-7,10H,4-5,16H2,1H3. The third-order valence-electron chi connectivity index (χ3n) is 2.41. The van der Waals surface area contributed by atoms with Crippen LogP contribution in [0.4, 0.5) is 17.6 Å². The number of rotatable bonds is 5. The fourth-order valence-corrected chi connectivity index (χ4v) is 1.26. The second-order valence-electron chi connectivity index (χ2n) is 3.93. The van der Waals surface area contributed by atoms with Gasteiger partial charge in [-0.3, -0.25) is 4.98 Å². The van der Waals surface area contributed by atoms with Gasteiger partial charge in [0.15, 0.2) is 0 Å². The zero-order valence-electron chi connectivity index (χ0n) is 9.34. The predicted molar refractivity (Wildman–Crippen MR) is 56.1 cm³/mol. The second kappa shape index (κ2) is 5.44. The summed E-state index contributed by atoms with van der Waals surface area (Å²) < 4.78 is 49.1. The molecule has 6 heteroatoms. The van der Waals surface area contributed by atoms with Gasteiger partial charge < -0.3 is 5.73 Å². The highest BCUT2D eigenvalue weighted by molar-refractivity contribution is 5.17. The molecule has 0 spiro atoms. The van der Waals surface area contributed by atoms with Crippen molar-refractivity contribution in [3.8, 4) is 0 Å². The molecule has 1 heterocycles. The van der Waals surface area contributed by atoms with E-state index in [4.69, 9.17) is 5.73 Å². The van der Waals surface area contributed by atoms with Crippen LogP contribution >= 0.6 is 0 Å². The first-order valence-electron chi connectivity index (χ1n) is 5.19. The lowest BCUT2D eigenvalue weighted by atomic mass is 10.1. The van der Waals surface area contributed by atoms with E-state index in [1.807, 2.05) is 0 Å². The van der Waals surface area contributed by atoms with E-state index in [0.29, 0.717) is 5.69 Å². The van der Waals surface area contributed by atoms with Crippen LogP contribution in [0.25, 0.3) is 0 Å². The van der Waals surface area contributed by atoms with Gasteiger partial charge in [-0.15, -0.1) is 0 Å². The van der Waals surface area contributed by atoms with Crippen molar-refractivity contribution in [2.45, 2.75) is 38.2 Å². The molecule has 1 aromatic rings. The average molecular weight is 250 g/mol. The van der Waals surface area contributed by atoms with Crippen LogP contribution in [0, 0.1) is 0 Å². The largest absolute Gasteiger partial charge is 0.324 e. The Hall–Kier alpha value is -1.17. The number of hydrogen-bond donors (Lipinski definition) is 1. The van der Waals surface area contributed by atoms with E-state index in [1.165, 1.54) is 12.3 Å². The quantitative estimate of drug-likeness (QED) is 0.816. The molecule has 1 aromatic heterocycles. The fourth-order valence-electron chi connectivity index (χ4n) is 1.26. The molecule has 2 nitrogen and oxygen atoms in total. The molecule has 0 aliphatic heterocycles. The van der Waals surface area contributed by atoms with Crippen molar-refractivity contribution in [1.29, 1.82) is 0 Å². The Balaban J connectivity index is 2.59. The molecule has 0 radical (unpaired) electrons. The Morgan fingerprint density at radius 1 is 1.35 bits per heavy atom. The maximum Gasteiger partial charge on any atom is 0.307 e. The highest BCUT2D eigenvalue weighted by Crippen LogP contribution is 2.27. The summed E-state index contributed by atoms with van der Waals surface area (Å²) in [5, 5.41) is 0. The highest BCUT2D eigenvalue weighted by atomic mass is 19.3. The lowest BCUT2D eigenvalue weighted by Gasteiger charge is -2.14. The van der Waals surface area contributed by atoms with Crippen molar-refractivity contribution in [2.24, 2.45) is 5.73 Å². The number of nitrogens with zero attached hydrogens (tertiary/aromatic N) is 1. The highest BCUT2D eigenvalue weighted by Gasteiger charge is 2.39. The zero-order chi connectivity index (χ0) is 13.1. The smallest absolute Gasteiger partial charge is 0.307 e. The molecule has 0 aromatic carbocycles. The normalized spacial score (nSPS) is 14.1. The van der Waals surface area contributed by atoms with E-state index in [9.17, 15) is 17.6 Å². The minimum absolute atomic E-state index is 0.184. The molecular weight excluding hydrogens is 236 g/mol. The number of halogens is 4. The van der Waals surface area contributed by atoms with Crippen molar-refractivity contribution in [2.75, 3.05) is 0 Å². The number of aromatic nitrogens is 1. The average Bonchev–Trinajstić information content (AvgIpc) is 2.27. The Kier molecular flexibility index (Phi) is 4.45. The van der Waals surface area contributed by atoms with Crippen LogP contribution in [0.15, 0.2) is 18.3 Å². The SMILES string of the molecule is CC(N)c1ccc(CCC(F)(F)C(F)F)nc1. The minimum Gasteiger partial charge on any atom is -0.324 e. The van der Waals surface area contributed by atoms with Crippen LogP contribution in [0.2, 0.25) is 0 Å². The number of hydrogen-bond acceptors (Lipinski definition) is 2. The minimum atomic E-state index is -3.96. The fraction of sp³-hybridized carbons (Fsp3) is 0.545. The van der Waals surface area contributed by atoms with Gasteiger partial charge in [-0.2, -0.15) is 0 Å². The Bertz CT molecular complexity index is 349. The maximum atomic E-state index is 12.6. The Labute approximate surface area is 96.8 Å². The number of aryl methyl sites for hydroxylation is 1. The second-order valence-corrected chi connectivity index (χ2v) is 3.93. The van der Waals surface area contributed by atoms with E-state index in [2.05, 4.69) is 4.98 Å². The predicted octanol–water partition coefficient (Wildman–Crippen LogP) is 2.93. The lowest BCUT2D eigenvalue weighted by Crippen LogP contribution is -2.27. The molecule has 0 bridgehead atoms. The Morgan fingerprint density at radius 2 is 2.00 bits per heavy atom. The summed E-state index contributed by atoms with van der Waals surface area (Å²) in [6.45, 7) is 1.77. The summed E-state index contributed by atoms with van der Waals surface area (Å²) in [6.07, 6.45) is -3.25. The molecular formula is C11H14F4N2. The molecule has 0 amide bonds. The van der Waals surface area contributed by atoms with Gasteiger partial charge in [-0.1, -0.05) is 6.07 Å². The first kappa shape index (κ1) is 13.9. The van der Waals surface area contributed by atoms with Gasteiger partial charge in [0.25, 0.3) is 0 Å². The first-order chi connectivity index (χ1) is 7.83. The van der Waals surface area contributed by atoms with Gasteiger partial charge in [-0.25, -0.2) is 17.6 Å². The summed E-state index contributed by atoms with van der Waals surface area (Å²) >= 11 is 0. The molecule has 17 heavy (non-hydrogen) atoms. The van der Waals surface area contributed by atoms with Crippen molar-refractivity contribution in [3.63, 3.8) is 0 Å². The van der Waals surface area contributed by atoms with Gasteiger partial charge in [0.2, 0.25) is 0 Å². The van der Waals surface area contributed by atoms with Crippen molar-refractivity contribution >= 4 is 0 Å². The van der Waals surface area contributed by atoms with Crippen LogP contribution in [0.3, 0.4) is 0 Å². The Morgan fingerprint density at radius 3 is 2.41 bits per heavy atom. The van der Waals surface area contributed by atoms with E-state index >= 15 is 0 Å². The van der Waals surface area contributed by atoms with Gasteiger partial charge in [0.05, 0.1) is 0 Å². The molecule has 1 rings (SSSR count). The van der Waals surface area contributed by atoms with Crippen LogP contribution in [0.1, 0.15) is 30.6 Å². The monoisotopic (exact) mass is 250 g/mol. The van der Waals surface area contributed by atoms with Crippen LogP contribution < -0.4 is 5.73 Å². The van der Waals surface area contributed by atoms with Crippen molar-refractivity contribution in [3.05, 3.63) is 29.6 Å². The van der Waals surface area contributed by atoms with E-state index in [-0.39, 0.29) is 12.5 Å². The van der Waals surface area contributed by atoms with E-state index in [0.717, 1.165) is 5.56 Å². The molecule has 1 unspecified atom stereocenters. The van der Waals surface area contributed by atoms with Gasteiger partial charge in [-0.05, 0) is 25.0 Å². The number of alkyl halides is 4. The number of pyridine rings is 1. The van der Waals surface area contributed by atoms with Crippen molar-refractivity contribution in [1.82, 2.24) is 4.98 Å². The molecule has 0 saturated heterocycles. The molecule has 96 valence electrons. The third kappa shape index (κ3) is 3.96. The molecule has 0 aliphatic carbocycles. The summed E-state index contributed by atoms with van der Waals surface area (Å²) in [5.41, 5.74) is 6.72. The molecule has 0 saturated carbocycles. The summed E-state index contributed by atoms with van der Waals surface area (Å²) in [7, 11) is 0. The van der Waals surface area contributed by atoms with Crippen molar-refractivity contribution < 1.29 is 17.6 Å². The third-order valence-corrected chi connectivity index (χ3v) is 2.41. The first-order valence-corrected chi connectivity index (χ1v) is 5.19. The maximum absolute atomic E-state index is 12.6. The summed E-state index contributed by atoms with van der Waals surface area (Å²) in [6, 6.07) is 2.99. The van der Waals surface area contributed by atoms with E-state index < -0.39 is 18.8 Å². The molecule has 0 aliphatic rings. The summed E-state index contributed by atoms with van der Waals surface area (Å²) in [5.74, 6) is -3.96. The summed E-state index contributed by atoms with van der Waals surface area (Å²) in [4.78, 5) is 3.90. The molecule has 1 atom stereocenters. The van der Waals surface area contributed by atoms with Crippen LogP contribution in [-0.2, 0) is 6.42 Å².